The first-order valence-corrected chi connectivity index (χ1v) is 10.3. The lowest BCUT2D eigenvalue weighted by Gasteiger charge is -2.14. The van der Waals surface area contributed by atoms with Crippen LogP contribution in [-0.2, 0) is 19.7 Å². The van der Waals surface area contributed by atoms with Crippen molar-refractivity contribution in [3.8, 4) is 11.5 Å². The molecule has 2 aromatic carbocycles. The molecule has 8 heteroatoms. The Morgan fingerprint density at radius 1 is 1.00 bits per heavy atom. The van der Waals surface area contributed by atoms with Gasteiger partial charge in [0, 0.05) is 19.7 Å². The zero-order chi connectivity index (χ0) is 22.1. The molecule has 1 heterocycles. The first kappa shape index (κ1) is 25.5. The van der Waals surface area contributed by atoms with Crippen LogP contribution < -0.4 is 20.1 Å². The smallest absolute Gasteiger partial charge is 0.191 e. The zero-order valence-corrected chi connectivity index (χ0v) is 21.3. The molecule has 0 atom stereocenters. The third-order valence-electron chi connectivity index (χ3n) is 4.75. The molecule has 7 nitrogen and oxygen atoms in total. The molecular formula is C24H31IN4O3. The molecular weight excluding hydrogens is 519 g/mol. The van der Waals surface area contributed by atoms with Gasteiger partial charge in [0.15, 0.2) is 23.2 Å². The molecule has 0 radical (unpaired) electrons. The number of nitrogens with zero attached hydrogens (tertiary/aromatic N) is 2. The van der Waals surface area contributed by atoms with Crippen molar-refractivity contribution in [2.45, 2.75) is 39.5 Å². The van der Waals surface area contributed by atoms with E-state index in [1.54, 1.807) is 14.2 Å². The van der Waals surface area contributed by atoms with Crippen LogP contribution in [-0.4, -0.2) is 25.3 Å². The number of benzene rings is 2. The Labute approximate surface area is 206 Å². The minimum Gasteiger partial charge on any atom is -0.493 e. The van der Waals surface area contributed by atoms with Crippen LogP contribution in [0.5, 0.6) is 11.5 Å². The summed E-state index contributed by atoms with van der Waals surface area (Å²) in [6.07, 6.45) is 0. The Morgan fingerprint density at radius 3 is 2.41 bits per heavy atom. The zero-order valence-electron chi connectivity index (χ0n) is 18.9. The van der Waals surface area contributed by atoms with Gasteiger partial charge in [-0.15, -0.1) is 24.0 Å². The molecule has 0 spiro atoms. The normalized spacial score (nSPS) is 11.1. The van der Waals surface area contributed by atoms with E-state index < -0.39 is 0 Å². The molecule has 0 saturated heterocycles. The predicted octanol–water partition coefficient (Wildman–Crippen LogP) is 4.87. The van der Waals surface area contributed by atoms with Crippen molar-refractivity contribution >= 4 is 29.9 Å². The summed E-state index contributed by atoms with van der Waals surface area (Å²) in [5.74, 6) is 3.19. The molecule has 2 N–H and O–H groups in total. The highest BCUT2D eigenvalue weighted by Gasteiger charge is 2.09. The summed E-state index contributed by atoms with van der Waals surface area (Å²) in [7, 11) is 3.38. The molecule has 3 aromatic rings. The topological polar surface area (TPSA) is 80.9 Å². The Bertz CT molecular complexity index is 990. The fraction of sp³-hybridized carbons (Fsp3) is 0.333. The minimum absolute atomic E-state index is 0. The first-order valence-electron chi connectivity index (χ1n) is 10.3. The highest BCUT2D eigenvalue weighted by Crippen LogP contribution is 2.28. The van der Waals surface area contributed by atoms with Crippen LogP contribution in [0.15, 0.2) is 64.1 Å². The standard InChI is InChI=1S/C24H30N4O3.HI/c1-17(2)21-13-20(31-28-21)15-27-24(25-3)26-14-19-10-11-22(23(12-19)29-4)30-16-18-8-6-5-7-9-18;/h5-13,17H,14-16H2,1-4H3,(H2,25,26,27);1H. The summed E-state index contributed by atoms with van der Waals surface area (Å²) in [6.45, 7) is 5.76. The number of ether oxygens (including phenoxy) is 2. The van der Waals surface area contributed by atoms with Crippen LogP contribution in [0.25, 0.3) is 0 Å². The molecule has 0 bridgehead atoms. The van der Waals surface area contributed by atoms with Gasteiger partial charge in [-0.25, -0.2) is 0 Å². The predicted molar refractivity (Wildman–Crippen MR) is 137 cm³/mol. The van der Waals surface area contributed by atoms with Gasteiger partial charge in [0.2, 0.25) is 0 Å². The van der Waals surface area contributed by atoms with E-state index >= 15 is 0 Å². The van der Waals surface area contributed by atoms with Gasteiger partial charge in [0.1, 0.15) is 6.61 Å². The highest BCUT2D eigenvalue weighted by molar-refractivity contribution is 14.0. The average molecular weight is 550 g/mol. The molecule has 0 aliphatic heterocycles. The van der Waals surface area contributed by atoms with Crippen molar-refractivity contribution in [3.05, 3.63) is 77.2 Å². The highest BCUT2D eigenvalue weighted by atomic mass is 127. The molecule has 32 heavy (non-hydrogen) atoms. The van der Waals surface area contributed by atoms with Gasteiger partial charge < -0.3 is 24.6 Å². The van der Waals surface area contributed by atoms with Gasteiger partial charge in [-0.2, -0.15) is 0 Å². The largest absolute Gasteiger partial charge is 0.493 e. The molecule has 0 fully saturated rings. The van der Waals surface area contributed by atoms with E-state index in [9.17, 15) is 0 Å². The van der Waals surface area contributed by atoms with Crippen LogP contribution in [0.4, 0.5) is 0 Å². The lowest BCUT2D eigenvalue weighted by Crippen LogP contribution is -2.36. The van der Waals surface area contributed by atoms with Gasteiger partial charge in [-0.3, -0.25) is 4.99 Å². The molecule has 0 amide bonds. The van der Waals surface area contributed by atoms with E-state index in [2.05, 4.69) is 34.6 Å². The third-order valence-corrected chi connectivity index (χ3v) is 4.75. The van der Waals surface area contributed by atoms with E-state index in [1.165, 1.54) is 0 Å². The molecule has 172 valence electrons. The summed E-state index contributed by atoms with van der Waals surface area (Å²) in [5.41, 5.74) is 3.10. The van der Waals surface area contributed by atoms with Crippen molar-refractivity contribution in [2.24, 2.45) is 4.99 Å². The number of guanidine groups is 1. The molecule has 0 aliphatic rings. The van der Waals surface area contributed by atoms with Crippen LogP contribution in [0.2, 0.25) is 0 Å². The summed E-state index contributed by atoms with van der Waals surface area (Å²) in [6, 6.07) is 17.9. The third kappa shape index (κ3) is 7.44. The maximum absolute atomic E-state index is 5.92. The fourth-order valence-electron chi connectivity index (χ4n) is 2.94. The molecule has 0 saturated carbocycles. The van der Waals surface area contributed by atoms with Crippen LogP contribution in [0.1, 0.15) is 42.3 Å². The van der Waals surface area contributed by atoms with Crippen molar-refractivity contribution in [1.82, 2.24) is 15.8 Å². The minimum atomic E-state index is 0. The van der Waals surface area contributed by atoms with Crippen molar-refractivity contribution in [3.63, 3.8) is 0 Å². The summed E-state index contributed by atoms with van der Waals surface area (Å²) >= 11 is 0. The molecule has 0 aliphatic carbocycles. The van der Waals surface area contributed by atoms with E-state index in [4.69, 9.17) is 14.0 Å². The lowest BCUT2D eigenvalue weighted by atomic mass is 10.1. The summed E-state index contributed by atoms with van der Waals surface area (Å²) < 4.78 is 16.8. The second-order valence-corrected chi connectivity index (χ2v) is 7.41. The number of hydrogen-bond acceptors (Lipinski definition) is 5. The number of methoxy groups -OCH3 is 1. The first-order chi connectivity index (χ1) is 15.1. The number of hydrogen-bond donors (Lipinski definition) is 2. The second kappa shape index (κ2) is 12.9. The Morgan fingerprint density at radius 2 is 1.75 bits per heavy atom. The Hall–Kier alpha value is -2.75. The van der Waals surface area contributed by atoms with E-state index in [-0.39, 0.29) is 24.0 Å². The fourth-order valence-corrected chi connectivity index (χ4v) is 2.94. The number of nitrogens with one attached hydrogen (secondary N) is 2. The summed E-state index contributed by atoms with van der Waals surface area (Å²) in [4.78, 5) is 4.26. The number of rotatable bonds is 9. The molecule has 1 aromatic heterocycles. The van der Waals surface area contributed by atoms with E-state index in [1.807, 2.05) is 54.6 Å². The Kier molecular flexibility index (Phi) is 10.3. The Balaban J connectivity index is 0.00000363. The van der Waals surface area contributed by atoms with Gasteiger partial charge in [0.25, 0.3) is 0 Å². The maximum atomic E-state index is 5.92. The SMILES string of the molecule is CN=C(NCc1ccc(OCc2ccccc2)c(OC)c1)NCc1cc(C(C)C)no1.I. The maximum Gasteiger partial charge on any atom is 0.191 e. The average Bonchev–Trinajstić information content (AvgIpc) is 3.28. The van der Waals surface area contributed by atoms with Gasteiger partial charge in [0.05, 0.1) is 19.3 Å². The van der Waals surface area contributed by atoms with Crippen LogP contribution >= 0.6 is 24.0 Å². The quantitative estimate of drug-likeness (QED) is 0.225. The van der Waals surface area contributed by atoms with Crippen LogP contribution in [0, 0.1) is 0 Å². The van der Waals surface area contributed by atoms with Crippen molar-refractivity contribution in [1.29, 1.82) is 0 Å². The number of halogens is 1. The van der Waals surface area contributed by atoms with Gasteiger partial charge in [-0.05, 0) is 29.2 Å². The lowest BCUT2D eigenvalue weighted by molar-refractivity contribution is 0.284. The van der Waals surface area contributed by atoms with Crippen molar-refractivity contribution < 1.29 is 14.0 Å². The van der Waals surface area contributed by atoms with Crippen LogP contribution in [0.3, 0.4) is 0 Å². The van der Waals surface area contributed by atoms with Gasteiger partial charge in [-0.1, -0.05) is 55.4 Å². The van der Waals surface area contributed by atoms with E-state index in [0.717, 1.165) is 22.6 Å². The number of aliphatic imine (C=N–C) groups is 1. The monoisotopic (exact) mass is 550 g/mol. The molecule has 0 unspecified atom stereocenters. The summed E-state index contributed by atoms with van der Waals surface area (Å²) in [5, 5.41) is 10.6. The second-order valence-electron chi connectivity index (χ2n) is 7.41. The molecule has 3 rings (SSSR count). The number of aromatic nitrogens is 1. The van der Waals surface area contributed by atoms with Gasteiger partial charge >= 0.3 is 0 Å². The van der Waals surface area contributed by atoms with Crippen molar-refractivity contribution in [2.75, 3.05) is 14.2 Å². The van der Waals surface area contributed by atoms with E-state index in [0.29, 0.717) is 43.1 Å².